The smallest absolute Gasteiger partial charge is 0.321 e. The number of carbonyl (C=O) groups excluding carboxylic acids is 1. The quantitative estimate of drug-likeness (QED) is 0.728. The van der Waals surface area contributed by atoms with E-state index in [1.165, 1.54) is 26.0 Å². The fraction of sp³-hybridized carbons (Fsp3) is 0.357. The molecule has 24 heavy (non-hydrogen) atoms. The molecule has 8 nitrogen and oxygen atoms in total. The van der Waals surface area contributed by atoms with Crippen molar-refractivity contribution in [3.05, 3.63) is 28.8 Å². The van der Waals surface area contributed by atoms with Crippen LogP contribution in [-0.2, 0) is 19.6 Å². The van der Waals surface area contributed by atoms with Crippen LogP contribution < -0.4 is 5.32 Å². The van der Waals surface area contributed by atoms with Gasteiger partial charge in [0.25, 0.3) is 0 Å². The Bertz CT molecular complexity index is 788. The number of carboxylic acids is 1. The molecular formula is C14H16ClN3O5S. The number of carbonyl (C=O) groups is 2. The maximum atomic E-state index is 12.8. The summed E-state index contributed by atoms with van der Waals surface area (Å²) in [5.74, 6) is -1.73. The molecule has 1 aromatic carbocycles. The first kappa shape index (κ1) is 19.9. The van der Waals surface area contributed by atoms with Crippen molar-refractivity contribution < 1.29 is 23.1 Å². The Morgan fingerprint density at radius 2 is 2.08 bits per heavy atom. The molecule has 1 unspecified atom stereocenters. The predicted octanol–water partition coefficient (Wildman–Crippen LogP) is 0.812. The summed E-state index contributed by atoms with van der Waals surface area (Å²) < 4.78 is 26.3. The molecular weight excluding hydrogens is 358 g/mol. The number of nitrogens with zero attached hydrogens (tertiary/aromatic N) is 2. The monoisotopic (exact) mass is 373 g/mol. The van der Waals surface area contributed by atoms with Gasteiger partial charge in [0.1, 0.15) is 17.0 Å². The Morgan fingerprint density at radius 3 is 2.58 bits per heavy atom. The molecule has 1 aromatic rings. The van der Waals surface area contributed by atoms with E-state index in [2.05, 4.69) is 5.32 Å². The maximum absolute atomic E-state index is 12.8. The number of benzene rings is 1. The van der Waals surface area contributed by atoms with Gasteiger partial charge in [-0.25, -0.2) is 8.42 Å². The van der Waals surface area contributed by atoms with Crippen molar-refractivity contribution in [2.75, 3.05) is 13.1 Å². The number of rotatable bonds is 7. The molecule has 0 aromatic heterocycles. The minimum absolute atomic E-state index is 0.0678. The number of hydrogen-bond acceptors (Lipinski definition) is 5. The molecule has 1 atom stereocenters. The summed E-state index contributed by atoms with van der Waals surface area (Å²) in [6, 6.07) is 3.98. The maximum Gasteiger partial charge on any atom is 0.321 e. The normalized spacial score (nSPS) is 12.5. The second kappa shape index (κ2) is 8.10. The van der Waals surface area contributed by atoms with Crippen molar-refractivity contribution in [3.8, 4) is 6.07 Å². The molecule has 2 N–H and O–H groups in total. The first-order chi connectivity index (χ1) is 11.1. The third kappa shape index (κ3) is 4.67. The van der Waals surface area contributed by atoms with Crippen molar-refractivity contribution in [1.82, 2.24) is 9.62 Å². The van der Waals surface area contributed by atoms with Gasteiger partial charge in [-0.3, -0.25) is 9.59 Å². The molecule has 0 aliphatic rings. The van der Waals surface area contributed by atoms with E-state index in [1.807, 2.05) is 0 Å². The van der Waals surface area contributed by atoms with E-state index < -0.39 is 22.0 Å². The molecule has 0 fully saturated rings. The van der Waals surface area contributed by atoms with Crippen molar-refractivity contribution >= 4 is 33.5 Å². The van der Waals surface area contributed by atoms with Gasteiger partial charge in [-0.1, -0.05) is 11.6 Å². The van der Waals surface area contributed by atoms with Gasteiger partial charge in [-0.05, 0) is 25.1 Å². The van der Waals surface area contributed by atoms with Crippen LogP contribution in [0.3, 0.4) is 0 Å². The summed E-state index contributed by atoms with van der Waals surface area (Å²) in [4.78, 5) is 21.8. The van der Waals surface area contributed by atoms with Crippen LogP contribution in [0.4, 0.5) is 0 Å². The number of carboxylic acid groups (broad SMARTS) is 1. The Balaban J connectivity index is 3.31. The standard InChI is InChI=1S/C14H16ClN3O5S/c1-9(14(20)21)18(6-5-17-10(2)19)24(22,23)13-4-3-12(15)7-11(13)8-16/h3-4,7,9H,5-6H2,1-2H3,(H,17,19)(H,20,21). The van der Waals surface area contributed by atoms with E-state index in [0.717, 1.165) is 10.4 Å². The molecule has 10 heteroatoms. The largest absolute Gasteiger partial charge is 0.480 e. The topological polar surface area (TPSA) is 128 Å². The highest BCUT2D eigenvalue weighted by Crippen LogP contribution is 2.24. The van der Waals surface area contributed by atoms with E-state index in [0.29, 0.717) is 0 Å². The van der Waals surface area contributed by atoms with Crippen LogP contribution in [-0.4, -0.2) is 48.8 Å². The Labute approximate surface area is 144 Å². The first-order valence-corrected chi connectivity index (χ1v) is 8.61. The molecule has 0 heterocycles. The highest BCUT2D eigenvalue weighted by molar-refractivity contribution is 7.89. The molecule has 0 bridgehead atoms. The van der Waals surface area contributed by atoms with Crippen LogP contribution in [0.5, 0.6) is 0 Å². The summed E-state index contributed by atoms with van der Waals surface area (Å²) in [5, 5.41) is 20.9. The number of amides is 1. The fourth-order valence-electron chi connectivity index (χ4n) is 1.93. The molecule has 0 saturated carbocycles. The van der Waals surface area contributed by atoms with Gasteiger partial charge in [-0.2, -0.15) is 9.57 Å². The molecule has 0 saturated heterocycles. The number of aliphatic carboxylic acids is 1. The summed E-state index contributed by atoms with van der Waals surface area (Å²) in [6.07, 6.45) is 0. The Kier molecular flexibility index (Phi) is 6.71. The molecule has 130 valence electrons. The minimum atomic E-state index is -4.28. The Morgan fingerprint density at radius 1 is 1.46 bits per heavy atom. The lowest BCUT2D eigenvalue weighted by molar-refractivity contribution is -0.140. The SMILES string of the molecule is CC(=O)NCCN(C(C)C(=O)O)S(=O)(=O)c1ccc(Cl)cc1C#N. The van der Waals surface area contributed by atoms with E-state index in [4.69, 9.17) is 22.0 Å². The minimum Gasteiger partial charge on any atom is -0.480 e. The number of hydrogen-bond donors (Lipinski definition) is 2. The lowest BCUT2D eigenvalue weighted by Gasteiger charge is -2.26. The number of nitrogens with one attached hydrogen (secondary N) is 1. The third-order valence-corrected chi connectivity index (χ3v) is 5.41. The average Bonchev–Trinajstić information content (AvgIpc) is 2.49. The van der Waals surface area contributed by atoms with Crippen LogP contribution >= 0.6 is 11.6 Å². The van der Waals surface area contributed by atoms with Gasteiger partial charge < -0.3 is 10.4 Å². The number of nitriles is 1. The van der Waals surface area contributed by atoms with Gasteiger partial charge in [0.2, 0.25) is 15.9 Å². The van der Waals surface area contributed by atoms with Crippen LogP contribution in [0.2, 0.25) is 5.02 Å². The number of halogens is 1. The number of sulfonamides is 1. The van der Waals surface area contributed by atoms with Crippen LogP contribution in [0.15, 0.2) is 23.1 Å². The molecule has 0 radical (unpaired) electrons. The lowest BCUT2D eigenvalue weighted by Crippen LogP contribution is -2.46. The zero-order chi connectivity index (χ0) is 18.5. The van der Waals surface area contributed by atoms with E-state index >= 15 is 0 Å². The highest BCUT2D eigenvalue weighted by atomic mass is 35.5. The summed E-state index contributed by atoms with van der Waals surface area (Å²) >= 11 is 5.76. The predicted molar refractivity (Wildman–Crippen MR) is 85.8 cm³/mol. The second-order valence-electron chi connectivity index (χ2n) is 4.87. The van der Waals surface area contributed by atoms with Gasteiger partial charge in [0.05, 0.1) is 5.56 Å². The molecule has 0 aliphatic heterocycles. The van der Waals surface area contributed by atoms with E-state index in [9.17, 15) is 18.0 Å². The van der Waals surface area contributed by atoms with Crippen molar-refractivity contribution in [2.45, 2.75) is 24.8 Å². The Hall–Kier alpha value is -2.15. The van der Waals surface area contributed by atoms with Crippen LogP contribution in [0, 0.1) is 11.3 Å². The van der Waals surface area contributed by atoms with Crippen molar-refractivity contribution in [2.24, 2.45) is 0 Å². The van der Waals surface area contributed by atoms with Crippen molar-refractivity contribution in [3.63, 3.8) is 0 Å². The average molecular weight is 374 g/mol. The summed E-state index contributed by atoms with van der Waals surface area (Å²) in [5.41, 5.74) is -0.190. The first-order valence-electron chi connectivity index (χ1n) is 6.80. The highest BCUT2D eigenvalue weighted by Gasteiger charge is 2.34. The molecule has 1 amide bonds. The summed E-state index contributed by atoms with van der Waals surface area (Å²) in [7, 11) is -4.28. The molecule has 0 spiro atoms. The summed E-state index contributed by atoms with van der Waals surface area (Å²) in [6.45, 7) is 2.13. The second-order valence-corrected chi connectivity index (χ2v) is 7.16. The lowest BCUT2D eigenvalue weighted by atomic mass is 10.2. The van der Waals surface area contributed by atoms with Gasteiger partial charge in [0.15, 0.2) is 0 Å². The zero-order valence-electron chi connectivity index (χ0n) is 13.0. The van der Waals surface area contributed by atoms with Crippen molar-refractivity contribution in [1.29, 1.82) is 5.26 Å². The van der Waals surface area contributed by atoms with E-state index in [1.54, 1.807) is 6.07 Å². The molecule has 0 aliphatic carbocycles. The van der Waals surface area contributed by atoms with E-state index in [-0.39, 0.29) is 34.5 Å². The van der Waals surface area contributed by atoms with Gasteiger partial charge in [-0.15, -0.1) is 0 Å². The van der Waals surface area contributed by atoms with Crippen LogP contribution in [0.25, 0.3) is 0 Å². The van der Waals surface area contributed by atoms with Gasteiger partial charge in [0, 0.05) is 25.0 Å². The zero-order valence-corrected chi connectivity index (χ0v) is 14.6. The van der Waals surface area contributed by atoms with Crippen LogP contribution in [0.1, 0.15) is 19.4 Å². The third-order valence-electron chi connectivity index (χ3n) is 3.14. The fourth-order valence-corrected chi connectivity index (χ4v) is 3.81. The van der Waals surface area contributed by atoms with Gasteiger partial charge >= 0.3 is 5.97 Å². The molecule has 1 rings (SSSR count).